The van der Waals surface area contributed by atoms with E-state index in [-0.39, 0.29) is 0 Å². The second kappa shape index (κ2) is 10.6. The van der Waals surface area contributed by atoms with Gasteiger partial charge in [-0.3, -0.25) is 4.90 Å². The van der Waals surface area contributed by atoms with Crippen LogP contribution in [0.3, 0.4) is 0 Å². The molecule has 1 unspecified atom stereocenters. The Morgan fingerprint density at radius 1 is 1.16 bits per heavy atom. The van der Waals surface area contributed by atoms with E-state index in [1.54, 1.807) is 0 Å². The molecule has 1 aliphatic heterocycles. The molecule has 0 aliphatic carbocycles. The zero-order chi connectivity index (χ0) is 13.9. The molecule has 19 heavy (non-hydrogen) atoms. The number of likely N-dealkylation sites (tertiary alicyclic amines) is 1. The first kappa shape index (κ1) is 16.9. The molecule has 0 aromatic heterocycles. The van der Waals surface area contributed by atoms with E-state index in [2.05, 4.69) is 36.0 Å². The van der Waals surface area contributed by atoms with Gasteiger partial charge in [-0.1, -0.05) is 33.1 Å². The monoisotopic (exact) mass is 269 g/mol. The lowest BCUT2D eigenvalue weighted by Gasteiger charge is -2.27. The number of hydrogen-bond donors (Lipinski definition) is 1. The molecule has 0 amide bonds. The third-order valence-corrected chi connectivity index (χ3v) is 4.31. The second-order valence-corrected chi connectivity index (χ2v) is 6.00. The molecule has 1 saturated heterocycles. The van der Waals surface area contributed by atoms with Crippen LogP contribution in [0.5, 0.6) is 0 Å². The predicted octanol–water partition coefficient (Wildman–Crippen LogP) is 2.57. The molecule has 114 valence electrons. The summed E-state index contributed by atoms with van der Waals surface area (Å²) in [5, 5.41) is 3.57. The van der Waals surface area contributed by atoms with Gasteiger partial charge >= 0.3 is 0 Å². The van der Waals surface area contributed by atoms with Crippen LogP contribution in [-0.4, -0.2) is 62.2 Å². The second-order valence-electron chi connectivity index (χ2n) is 6.00. The van der Waals surface area contributed by atoms with Crippen molar-refractivity contribution in [1.29, 1.82) is 0 Å². The minimum Gasteiger partial charge on any atom is -0.315 e. The Labute approximate surface area is 120 Å². The minimum absolute atomic E-state index is 0.805. The topological polar surface area (TPSA) is 18.5 Å². The SMILES string of the molecule is CCCCCCNCCN(C)CC1CCCN1CC. The number of nitrogens with one attached hydrogen (secondary N) is 1. The first-order valence-electron chi connectivity index (χ1n) is 8.41. The van der Waals surface area contributed by atoms with Gasteiger partial charge in [0.2, 0.25) is 0 Å². The molecule has 1 fully saturated rings. The molecule has 0 saturated carbocycles. The van der Waals surface area contributed by atoms with Crippen molar-refractivity contribution in [3.8, 4) is 0 Å². The summed E-state index contributed by atoms with van der Waals surface area (Å²) in [6, 6.07) is 0.805. The molecule has 0 spiro atoms. The van der Waals surface area contributed by atoms with Gasteiger partial charge in [-0.05, 0) is 45.9 Å². The van der Waals surface area contributed by atoms with Crippen LogP contribution in [0.4, 0.5) is 0 Å². The molecule has 0 aromatic rings. The number of rotatable bonds is 11. The van der Waals surface area contributed by atoms with Gasteiger partial charge in [0.1, 0.15) is 0 Å². The van der Waals surface area contributed by atoms with Crippen molar-refractivity contribution < 1.29 is 0 Å². The standard InChI is InChI=1S/C16H35N3/c1-4-6-7-8-11-17-12-14-18(3)15-16-10-9-13-19(16)5-2/h16-17H,4-15H2,1-3H3. The van der Waals surface area contributed by atoms with E-state index in [1.165, 1.54) is 71.2 Å². The van der Waals surface area contributed by atoms with Crippen molar-refractivity contribution >= 4 is 0 Å². The molecule has 1 N–H and O–H groups in total. The van der Waals surface area contributed by atoms with Crippen molar-refractivity contribution in [3.05, 3.63) is 0 Å². The van der Waals surface area contributed by atoms with Gasteiger partial charge in [-0.25, -0.2) is 0 Å². The summed E-state index contributed by atoms with van der Waals surface area (Å²) >= 11 is 0. The molecule has 1 atom stereocenters. The van der Waals surface area contributed by atoms with Gasteiger partial charge in [-0.15, -0.1) is 0 Å². The van der Waals surface area contributed by atoms with Crippen LogP contribution in [0.2, 0.25) is 0 Å². The molecule has 3 nitrogen and oxygen atoms in total. The van der Waals surface area contributed by atoms with E-state index in [1.807, 2.05) is 0 Å². The predicted molar refractivity (Wildman–Crippen MR) is 84.8 cm³/mol. The Morgan fingerprint density at radius 2 is 2.00 bits per heavy atom. The van der Waals surface area contributed by atoms with E-state index in [4.69, 9.17) is 0 Å². The molecule has 0 aromatic carbocycles. The molecule has 1 heterocycles. The number of unbranched alkanes of at least 4 members (excludes halogenated alkanes) is 3. The Hall–Kier alpha value is -0.120. The first-order chi connectivity index (χ1) is 9.27. The molecular weight excluding hydrogens is 234 g/mol. The zero-order valence-corrected chi connectivity index (χ0v) is 13.5. The Balaban J connectivity index is 1.97. The van der Waals surface area contributed by atoms with Crippen LogP contribution in [0, 0.1) is 0 Å². The molecule has 3 heteroatoms. The summed E-state index contributed by atoms with van der Waals surface area (Å²) < 4.78 is 0. The highest BCUT2D eigenvalue weighted by atomic mass is 15.2. The van der Waals surface area contributed by atoms with E-state index in [0.717, 1.165) is 12.6 Å². The fraction of sp³-hybridized carbons (Fsp3) is 1.00. The Morgan fingerprint density at radius 3 is 2.74 bits per heavy atom. The minimum atomic E-state index is 0.805. The van der Waals surface area contributed by atoms with E-state index in [0.29, 0.717) is 0 Å². The molecule has 0 bridgehead atoms. The van der Waals surface area contributed by atoms with Crippen molar-refractivity contribution in [2.75, 3.05) is 46.3 Å². The average Bonchev–Trinajstić information content (AvgIpc) is 2.85. The van der Waals surface area contributed by atoms with Crippen LogP contribution in [-0.2, 0) is 0 Å². The smallest absolute Gasteiger partial charge is 0.0223 e. The highest BCUT2D eigenvalue weighted by molar-refractivity contribution is 4.80. The zero-order valence-electron chi connectivity index (χ0n) is 13.5. The normalized spacial score (nSPS) is 20.5. The lowest BCUT2D eigenvalue weighted by Crippen LogP contribution is -2.40. The lowest BCUT2D eigenvalue weighted by molar-refractivity contribution is 0.199. The van der Waals surface area contributed by atoms with E-state index < -0.39 is 0 Å². The van der Waals surface area contributed by atoms with Crippen molar-refractivity contribution in [1.82, 2.24) is 15.1 Å². The first-order valence-corrected chi connectivity index (χ1v) is 8.41. The van der Waals surface area contributed by atoms with Crippen LogP contribution in [0.1, 0.15) is 52.4 Å². The van der Waals surface area contributed by atoms with Crippen molar-refractivity contribution in [3.63, 3.8) is 0 Å². The summed E-state index contributed by atoms with van der Waals surface area (Å²) in [7, 11) is 2.27. The van der Waals surface area contributed by atoms with Crippen molar-refractivity contribution in [2.45, 2.75) is 58.4 Å². The van der Waals surface area contributed by atoms with Gasteiger partial charge < -0.3 is 10.2 Å². The molecular formula is C16H35N3. The molecule has 1 rings (SSSR count). The lowest BCUT2D eigenvalue weighted by atomic mass is 10.2. The van der Waals surface area contributed by atoms with Crippen LogP contribution < -0.4 is 5.32 Å². The largest absolute Gasteiger partial charge is 0.315 e. The van der Waals surface area contributed by atoms with Gasteiger partial charge in [0.25, 0.3) is 0 Å². The third kappa shape index (κ3) is 7.28. The van der Waals surface area contributed by atoms with Gasteiger partial charge in [0.15, 0.2) is 0 Å². The number of hydrogen-bond acceptors (Lipinski definition) is 3. The highest BCUT2D eigenvalue weighted by Gasteiger charge is 2.23. The van der Waals surface area contributed by atoms with Crippen LogP contribution >= 0.6 is 0 Å². The van der Waals surface area contributed by atoms with Crippen LogP contribution in [0.25, 0.3) is 0 Å². The fourth-order valence-corrected chi connectivity index (χ4v) is 3.04. The highest BCUT2D eigenvalue weighted by Crippen LogP contribution is 2.16. The Bertz CT molecular complexity index is 208. The number of likely N-dealkylation sites (N-methyl/N-ethyl adjacent to an activating group) is 2. The maximum Gasteiger partial charge on any atom is 0.0223 e. The maximum absolute atomic E-state index is 3.57. The van der Waals surface area contributed by atoms with E-state index in [9.17, 15) is 0 Å². The summed E-state index contributed by atoms with van der Waals surface area (Å²) in [6.45, 7) is 11.8. The van der Waals surface area contributed by atoms with Crippen molar-refractivity contribution in [2.24, 2.45) is 0 Å². The van der Waals surface area contributed by atoms with E-state index >= 15 is 0 Å². The summed E-state index contributed by atoms with van der Waals surface area (Å²) in [5.74, 6) is 0. The van der Waals surface area contributed by atoms with Gasteiger partial charge in [-0.2, -0.15) is 0 Å². The molecule has 0 radical (unpaired) electrons. The third-order valence-electron chi connectivity index (χ3n) is 4.31. The summed E-state index contributed by atoms with van der Waals surface area (Å²) in [4.78, 5) is 5.13. The maximum atomic E-state index is 3.57. The van der Waals surface area contributed by atoms with Crippen LogP contribution in [0.15, 0.2) is 0 Å². The average molecular weight is 269 g/mol. The quantitative estimate of drug-likeness (QED) is 0.582. The molecule has 1 aliphatic rings. The summed E-state index contributed by atoms with van der Waals surface area (Å²) in [5.41, 5.74) is 0. The fourth-order valence-electron chi connectivity index (χ4n) is 3.04. The van der Waals surface area contributed by atoms with Gasteiger partial charge in [0, 0.05) is 25.7 Å². The van der Waals surface area contributed by atoms with Gasteiger partial charge in [0.05, 0.1) is 0 Å². The summed E-state index contributed by atoms with van der Waals surface area (Å²) in [6.07, 6.45) is 8.22. The Kier molecular flexibility index (Phi) is 9.48. The number of nitrogens with zero attached hydrogens (tertiary/aromatic N) is 2.